The first-order valence-electron chi connectivity index (χ1n) is 10.8. The Hall–Kier alpha value is -2.92. The Morgan fingerprint density at radius 2 is 1.57 bits per heavy atom. The third-order valence-corrected chi connectivity index (χ3v) is 6.53. The summed E-state index contributed by atoms with van der Waals surface area (Å²) in [7, 11) is 0. The molecule has 2 aromatic carbocycles. The second kappa shape index (κ2) is 7.73. The van der Waals surface area contributed by atoms with Crippen LogP contribution >= 0.6 is 0 Å². The van der Waals surface area contributed by atoms with Gasteiger partial charge in [-0.25, -0.2) is 0 Å². The molecule has 0 saturated heterocycles. The van der Waals surface area contributed by atoms with Crippen LogP contribution in [0, 0.1) is 13.8 Å². The van der Waals surface area contributed by atoms with Crippen LogP contribution in [0.25, 0.3) is 0 Å². The number of hydrogen-bond acceptors (Lipinski definition) is 4. The highest BCUT2D eigenvalue weighted by molar-refractivity contribution is 6.09. The molecule has 0 aliphatic carbocycles. The number of amides is 1. The van der Waals surface area contributed by atoms with Crippen molar-refractivity contribution in [2.45, 2.75) is 33.4 Å². The molecule has 0 fully saturated rings. The summed E-state index contributed by atoms with van der Waals surface area (Å²) in [4.78, 5) is 24.9. The summed E-state index contributed by atoms with van der Waals surface area (Å²) in [5.74, 6) is 0.967. The number of fused-ring (bicyclic) bond motifs is 2. The molecule has 5 nitrogen and oxygen atoms in total. The number of carbonyl (C=O) groups is 1. The van der Waals surface area contributed by atoms with Gasteiger partial charge in [-0.15, -0.1) is 0 Å². The zero-order valence-corrected chi connectivity index (χ0v) is 17.8. The van der Waals surface area contributed by atoms with Gasteiger partial charge in [0.05, 0.1) is 18.7 Å². The number of rotatable bonds is 4. The Morgan fingerprint density at radius 1 is 0.900 bits per heavy atom. The minimum absolute atomic E-state index is 0.125. The molecular formula is C25H28N4O. The molecule has 0 unspecified atom stereocenters. The molecule has 5 rings (SSSR count). The lowest BCUT2D eigenvalue weighted by atomic mass is 9.99. The molecule has 3 heterocycles. The Bertz CT molecular complexity index is 1050. The molecule has 30 heavy (non-hydrogen) atoms. The highest BCUT2D eigenvalue weighted by atomic mass is 16.2. The maximum Gasteiger partial charge on any atom is 0.259 e. The number of nitrogens with zero attached hydrogens (tertiary/aromatic N) is 4. The van der Waals surface area contributed by atoms with Crippen molar-refractivity contribution in [2.75, 3.05) is 26.2 Å². The molecule has 3 aliphatic rings. The predicted octanol–water partition coefficient (Wildman–Crippen LogP) is 3.48. The zero-order valence-electron chi connectivity index (χ0n) is 17.8. The molecule has 0 atom stereocenters. The summed E-state index contributed by atoms with van der Waals surface area (Å²) in [5.41, 5.74) is 7.17. The molecule has 0 spiro atoms. The van der Waals surface area contributed by atoms with Gasteiger partial charge in [0.2, 0.25) is 5.96 Å². The molecule has 2 aromatic rings. The van der Waals surface area contributed by atoms with Crippen molar-refractivity contribution in [1.82, 2.24) is 14.7 Å². The first-order valence-corrected chi connectivity index (χ1v) is 10.8. The van der Waals surface area contributed by atoms with Crippen molar-refractivity contribution in [3.8, 4) is 0 Å². The molecule has 1 amide bonds. The van der Waals surface area contributed by atoms with E-state index in [0.717, 1.165) is 44.1 Å². The Morgan fingerprint density at radius 3 is 2.27 bits per heavy atom. The quantitative estimate of drug-likeness (QED) is 0.789. The monoisotopic (exact) mass is 400 g/mol. The molecule has 0 N–H and O–H groups in total. The van der Waals surface area contributed by atoms with Gasteiger partial charge < -0.3 is 4.90 Å². The molecule has 154 valence electrons. The van der Waals surface area contributed by atoms with E-state index in [-0.39, 0.29) is 5.91 Å². The van der Waals surface area contributed by atoms with E-state index in [9.17, 15) is 4.79 Å². The van der Waals surface area contributed by atoms with Gasteiger partial charge in [-0.1, -0.05) is 48.5 Å². The highest BCUT2D eigenvalue weighted by Crippen LogP contribution is 2.32. The summed E-state index contributed by atoms with van der Waals surface area (Å²) in [5, 5.41) is 0. The van der Waals surface area contributed by atoms with E-state index >= 15 is 0 Å². The number of benzene rings is 2. The van der Waals surface area contributed by atoms with Gasteiger partial charge in [0, 0.05) is 38.3 Å². The van der Waals surface area contributed by atoms with E-state index in [4.69, 9.17) is 4.99 Å². The largest absolute Gasteiger partial charge is 0.314 e. The molecular weight excluding hydrogens is 372 g/mol. The van der Waals surface area contributed by atoms with Gasteiger partial charge in [-0.3, -0.25) is 19.6 Å². The van der Waals surface area contributed by atoms with Crippen LogP contribution in [0.3, 0.4) is 0 Å². The van der Waals surface area contributed by atoms with Crippen molar-refractivity contribution in [3.63, 3.8) is 0 Å². The molecule has 3 aliphatic heterocycles. The van der Waals surface area contributed by atoms with E-state index in [1.807, 2.05) is 17.0 Å². The molecule has 0 bridgehead atoms. The van der Waals surface area contributed by atoms with Crippen LogP contribution in [-0.4, -0.2) is 52.7 Å². The van der Waals surface area contributed by atoms with Gasteiger partial charge in [-0.05, 0) is 36.1 Å². The lowest BCUT2D eigenvalue weighted by molar-refractivity contribution is -0.125. The average molecular weight is 401 g/mol. The fourth-order valence-electron chi connectivity index (χ4n) is 4.74. The molecule has 0 aromatic heterocycles. The Kier molecular flexibility index (Phi) is 4.91. The minimum atomic E-state index is 0.125. The van der Waals surface area contributed by atoms with E-state index in [0.29, 0.717) is 13.1 Å². The topological polar surface area (TPSA) is 39.2 Å². The number of guanidine groups is 1. The number of aryl methyl sites for hydroxylation is 2. The smallest absolute Gasteiger partial charge is 0.259 e. The summed E-state index contributed by atoms with van der Waals surface area (Å²) in [6.45, 7) is 9.05. The number of aliphatic imine (C=N–C) groups is 1. The van der Waals surface area contributed by atoms with Gasteiger partial charge in [0.25, 0.3) is 5.91 Å². The number of hydrogen-bond donors (Lipinski definition) is 0. The van der Waals surface area contributed by atoms with Gasteiger partial charge in [0.15, 0.2) is 0 Å². The maximum atomic E-state index is 13.6. The lowest BCUT2D eigenvalue weighted by Gasteiger charge is -2.42. The van der Waals surface area contributed by atoms with Crippen molar-refractivity contribution in [2.24, 2.45) is 4.99 Å². The third kappa shape index (κ3) is 3.33. The highest BCUT2D eigenvalue weighted by Gasteiger charge is 2.41. The van der Waals surface area contributed by atoms with Crippen LogP contribution in [0.2, 0.25) is 0 Å². The first kappa shape index (κ1) is 19.1. The van der Waals surface area contributed by atoms with Crippen LogP contribution in [0.5, 0.6) is 0 Å². The van der Waals surface area contributed by atoms with Crippen LogP contribution < -0.4 is 0 Å². The van der Waals surface area contributed by atoms with Crippen molar-refractivity contribution in [1.29, 1.82) is 0 Å². The second-order valence-electron chi connectivity index (χ2n) is 8.46. The summed E-state index contributed by atoms with van der Waals surface area (Å²) in [6, 6.07) is 16.8. The fraction of sp³-hybridized carbons (Fsp3) is 0.360. The first-order chi connectivity index (χ1) is 14.6. The standard InChI is InChI=1S/C25H28N4O/c1-18-7-3-5-9-20(18)15-27-13-11-23-22(17-27)24(30)29(25-26-12-14-28(23)25)16-21-10-6-4-8-19(21)2/h3-10H,11-17H2,1-2H3. The normalized spacial score (nSPS) is 19.1. The number of carbonyl (C=O) groups excluding carboxylic acids is 1. The molecule has 0 radical (unpaired) electrons. The second-order valence-corrected chi connectivity index (χ2v) is 8.46. The van der Waals surface area contributed by atoms with Crippen LogP contribution in [0.15, 0.2) is 64.8 Å². The fourth-order valence-corrected chi connectivity index (χ4v) is 4.74. The van der Waals surface area contributed by atoms with E-state index in [2.05, 4.69) is 60.0 Å². The van der Waals surface area contributed by atoms with Crippen molar-refractivity contribution >= 4 is 11.9 Å². The van der Waals surface area contributed by atoms with Gasteiger partial charge >= 0.3 is 0 Å². The van der Waals surface area contributed by atoms with Crippen molar-refractivity contribution in [3.05, 3.63) is 82.1 Å². The van der Waals surface area contributed by atoms with Gasteiger partial charge in [0.1, 0.15) is 0 Å². The average Bonchev–Trinajstić information content (AvgIpc) is 3.24. The van der Waals surface area contributed by atoms with Crippen LogP contribution in [0.4, 0.5) is 0 Å². The summed E-state index contributed by atoms with van der Waals surface area (Å²) < 4.78 is 0. The molecule has 5 heteroatoms. The van der Waals surface area contributed by atoms with E-state index in [1.54, 1.807) is 0 Å². The third-order valence-electron chi connectivity index (χ3n) is 6.53. The molecule has 0 saturated carbocycles. The zero-order chi connectivity index (χ0) is 20.7. The maximum absolute atomic E-state index is 13.6. The van der Waals surface area contributed by atoms with E-state index in [1.165, 1.54) is 28.0 Å². The lowest BCUT2D eigenvalue weighted by Crippen LogP contribution is -2.53. The van der Waals surface area contributed by atoms with Crippen molar-refractivity contribution < 1.29 is 4.79 Å². The Labute approximate surface area is 178 Å². The van der Waals surface area contributed by atoms with Crippen LogP contribution in [-0.2, 0) is 17.9 Å². The minimum Gasteiger partial charge on any atom is -0.314 e. The predicted molar refractivity (Wildman–Crippen MR) is 119 cm³/mol. The summed E-state index contributed by atoms with van der Waals surface area (Å²) in [6.07, 6.45) is 0.907. The SMILES string of the molecule is Cc1ccccc1CN1CCC2=C(C1)C(=O)N(Cc1ccccc1C)C1=NCCN12. The van der Waals surface area contributed by atoms with Crippen LogP contribution in [0.1, 0.15) is 28.7 Å². The van der Waals surface area contributed by atoms with E-state index < -0.39 is 0 Å². The Balaban J connectivity index is 1.42. The summed E-state index contributed by atoms with van der Waals surface area (Å²) >= 11 is 0. The van der Waals surface area contributed by atoms with Gasteiger partial charge in [-0.2, -0.15) is 0 Å².